The van der Waals surface area contributed by atoms with Crippen LogP contribution in [0.5, 0.6) is 0 Å². The minimum Gasteiger partial charge on any atom is -0.357 e. The van der Waals surface area contributed by atoms with Crippen molar-refractivity contribution in [1.29, 1.82) is 0 Å². The molecule has 6 heteroatoms. The molecule has 0 aliphatic heterocycles. The molecule has 0 aromatic carbocycles. The Balaban J connectivity index is 0.00000361. The van der Waals surface area contributed by atoms with Gasteiger partial charge in [0.1, 0.15) is 5.01 Å². The largest absolute Gasteiger partial charge is 0.357 e. The van der Waals surface area contributed by atoms with Crippen LogP contribution in [0.2, 0.25) is 0 Å². The normalized spacial score (nSPS) is 11.4. The summed E-state index contributed by atoms with van der Waals surface area (Å²) < 4.78 is 0. The number of aromatic nitrogens is 1. The highest BCUT2D eigenvalue weighted by molar-refractivity contribution is 14.0. The number of halogens is 1. The molecule has 0 saturated heterocycles. The van der Waals surface area contributed by atoms with E-state index in [0.717, 1.165) is 36.2 Å². The van der Waals surface area contributed by atoms with Crippen LogP contribution >= 0.6 is 35.3 Å². The van der Waals surface area contributed by atoms with Gasteiger partial charge in [-0.1, -0.05) is 13.8 Å². The van der Waals surface area contributed by atoms with Crippen molar-refractivity contribution in [1.82, 2.24) is 15.6 Å². The topological polar surface area (TPSA) is 49.3 Å². The van der Waals surface area contributed by atoms with Crippen molar-refractivity contribution in [3.05, 3.63) is 15.6 Å². The maximum atomic E-state index is 4.58. The van der Waals surface area contributed by atoms with Crippen molar-refractivity contribution in [3.63, 3.8) is 0 Å². The SMILES string of the molecule is CCNC(=NCc1nc(C)c(C)s1)NCCC(C)C.I. The summed E-state index contributed by atoms with van der Waals surface area (Å²) in [6.45, 7) is 13.2. The molecular formula is C14H27IN4S. The van der Waals surface area contributed by atoms with E-state index < -0.39 is 0 Å². The Kier molecular flexibility index (Phi) is 10.2. The number of hydrogen-bond acceptors (Lipinski definition) is 3. The minimum absolute atomic E-state index is 0. The molecule has 20 heavy (non-hydrogen) atoms. The van der Waals surface area contributed by atoms with E-state index in [-0.39, 0.29) is 24.0 Å². The van der Waals surface area contributed by atoms with E-state index in [1.807, 2.05) is 6.92 Å². The molecule has 1 aromatic rings. The van der Waals surface area contributed by atoms with Crippen LogP contribution in [0.3, 0.4) is 0 Å². The van der Waals surface area contributed by atoms with Gasteiger partial charge < -0.3 is 10.6 Å². The number of aliphatic imine (C=N–C) groups is 1. The van der Waals surface area contributed by atoms with E-state index in [0.29, 0.717) is 12.5 Å². The first-order chi connectivity index (χ1) is 9.02. The molecule has 4 nitrogen and oxygen atoms in total. The predicted octanol–water partition coefficient (Wildman–Crippen LogP) is 3.48. The van der Waals surface area contributed by atoms with Crippen molar-refractivity contribution in [2.45, 2.75) is 47.6 Å². The number of guanidine groups is 1. The number of nitrogens with zero attached hydrogens (tertiary/aromatic N) is 2. The smallest absolute Gasteiger partial charge is 0.191 e. The van der Waals surface area contributed by atoms with Crippen LogP contribution in [0.1, 0.15) is 42.8 Å². The van der Waals surface area contributed by atoms with Gasteiger partial charge in [-0.25, -0.2) is 9.98 Å². The Morgan fingerprint density at radius 2 is 2.00 bits per heavy atom. The number of rotatable bonds is 6. The lowest BCUT2D eigenvalue weighted by Crippen LogP contribution is -2.38. The zero-order chi connectivity index (χ0) is 14.3. The van der Waals surface area contributed by atoms with Gasteiger partial charge in [0, 0.05) is 18.0 Å². The Bertz CT molecular complexity index is 396. The third kappa shape index (κ3) is 7.42. The zero-order valence-corrected chi connectivity index (χ0v) is 16.3. The van der Waals surface area contributed by atoms with Gasteiger partial charge in [-0.05, 0) is 33.1 Å². The Morgan fingerprint density at radius 3 is 2.50 bits per heavy atom. The molecule has 0 fully saturated rings. The number of hydrogen-bond donors (Lipinski definition) is 2. The Hall–Kier alpha value is -0.370. The summed E-state index contributed by atoms with van der Waals surface area (Å²) in [6, 6.07) is 0. The molecule has 0 spiro atoms. The first kappa shape index (κ1) is 19.6. The van der Waals surface area contributed by atoms with Gasteiger partial charge in [-0.15, -0.1) is 35.3 Å². The standard InChI is InChI=1S/C14H26N4S.HI/c1-6-15-14(16-8-7-10(2)3)17-9-13-18-11(4)12(5)19-13;/h10H,6-9H2,1-5H3,(H2,15,16,17);1H. The van der Waals surface area contributed by atoms with Crippen molar-refractivity contribution in [3.8, 4) is 0 Å². The molecule has 1 heterocycles. The molecule has 0 saturated carbocycles. The quantitative estimate of drug-likeness (QED) is 0.429. The molecule has 0 radical (unpaired) electrons. The lowest BCUT2D eigenvalue weighted by molar-refractivity contribution is 0.573. The van der Waals surface area contributed by atoms with Crippen LogP contribution in [-0.4, -0.2) is 24.0 Å². The highest BCUT2D eigenvalue weighted by atomic mass is 127. The van der Waals surface area contributed by atoms with Gasteiger partial charge in [0.25, 0.3) is 0 Å². The Labute approximate surface area is 143 Å². The molecule has 1 rings (SSSR count). The van der Waals surface area contributed by atoms with Crippen molar-refractivity contribution >= 4 is 41.3 Å². The molecule has 0 unspecified atom stereocenters. The van der Waals surface area contributed by atoms with Crippen molar-refractivity contribution < 1.29 is 0 Å². The van der Waals surface area contributed by atoms with E-state index in [1.165, 1.54) is 4.88 Å². The summed E-state index contributed by atoms with van der Waals surface area (Å²) in [5.74, 6) is 1.59. The van der Waals surface area contributed by atoms with Gasteiger partial charge in [0.2, 0.25) is 0 Å². The molecule has 0 amide bonds. The molecular weight excluding hydrogens is 383 g/mol. The molecule has 0 aliphatic rings. The molecule has 2 N–H and O–H groups in total. The fourth-order valence-corrected chi connectivity index (χ4v) is 2.43. The highest BCUT2D eigenvalue weighted by Gasteiger charge is 2.04. The number of nitrogens with one attached hydrogen (secondary N) is 2. The summed E-state index contributed by atoms with van der Waals surface area (Å²) in [6.07, 6.45) is 1.15. The minimum atomic E-state index is 0. The van der Waals surface area contributed by atoms with Gasteiger partial charge in [-0.2, -0.15) is 0 Å². The number of aryl methyl sites for hydroxylation is 2. The average molecular weight is 410 g/mol. The first-order valence-electron chi connectivity index (χ1n) is 6.98. The van der Waals surface area contributed by atoms with E-state index in [9.17, 15) is 0 Å². The summed E-state index contributed by atoms with van der Waals surface area (Å²) in [5.41, 5.74) is 1.12. The second-order valence-electron chi connectivity index (χ2n) is 5.05. The molecule has 1 aromatic heterocycles. The predicted molar refractivity (Wildman–Crippen MR) is 99.3 cm³/mol. The maximum Gasteiger partial charge on any atom is 0.191 e. The van der Waals surface area contributed by atoms with Crippen molar-refractivity contribution in [2.75, 3.05) is 13.1 Å². The summed E-state index contributed by atoms with van der Waals surface area (Å²) in [4.78, 5) is 10.4. The van der Waals surface area contributed by atoms with E-state index >= 15 is 0 Å². The summed E-state index contributed by atoms with van der Waals surface area (Å²) >= 11 is 1.73. The summed E-state index contributed by atoms with van der Waals surface area (Å²) in [7, 11) is 0. The van der Waals surface area contributed by atoms with Gasteiger partial charge >= 0.3 is 0 Å². The lowest BCUT2D eigenvalue weighted by Gasteiger charge is -2.11. The number of thiazole rings is 1. The highest BCUT2D eigenvalue weighted by Crippen LogP contribution is 2.16. The molecule has 116 valence electrons. The first-order valence-corrected chi connectivity index (χ1v) is 7.79. The van der Waals surface area contributed by atoms with Gasteiger partial charge in [-0.3, -0.25) is 0 Å². The second-order valence-corrected chi connectivity index (χ2v) is 6.34. The molecule has 0 bridgehead atoms. The van der Waals surface area contributed by atoms with Crippen LogP contribution in [0, 0.1) is 19.8 Å². The third-order valence-electron chi connectivity index (χ3n) is 2.80. The van der Waals surface area contributed by atoms with Crippen LogP contribution in [0.15, 0.2) is 4.99 Å². The maximum absolute atomic E-state index is 4.58. The fourth-order valence-electron chi connectivity index (χ4n) is 1.57. The van der Waals surface area contributed by atoms with Crippen LogP contribution in [0.25, 0.3) is 0 Å². The lowest BCUT2D eigenvalue weighted by atomic mass is 10.1. The van der Waals surface area contributed by atoms with Gasteiger partial charge in [0.05, 0.1) is 12.2 Å². The average Bonchev–Trinajstić information content (AvgIpc) is 2.65. The summed E-state index contributed by atoms with van der Waals surface area (Å²) in [5, 5.41) is 7.70. The zero-order valence-electron chi connectivity index (χ0n) is 13.1. The van der Waals surface area contributed by atoms with Gasteiger partial charge in [0.15, 0.2) is 5.96 Å². The molecule has 0 atom stereocenters. The van der Waals surface area contributed by atoms with Crippen LogP contribution < -0.4 is 10.6 Å². The van der Waals surface area contributed by atoms with Crippen LogP contribution in [-0.2, 0) is 6.54 Å². The second kappa shape index (κ2) is 10.4. The molecule has 0 aliphatic carbocycles. The van der Waals surface area contributed by atoms with E-state index in [2.05, 4.69) is 48.3 Å². The van der Waals surface area contributed by atoms with E-state index in [4.69, 9.17) is 0 Å². The Morgan fingerprint density at radius 1 is 1.30 bits per heavy atom. The monoisotopic (exact) mass is 410 g/mol. The third-order valence-corrected chi connectivity index (χ3v) is 3.86. The van der Waals surface area contributed by atoms with E-state index in [1.54, 1.807) is 11.3 Å². The fraction of sp³-hybridized carbons (Fsp3) is 0.714. The van der Waals surface area contributed by atoms with Crippen LogP contribution in [0.4, 0.5) is 0 Å². The van der Waals surface area contributed by atoms with Crippen molar-refractivity contribution in [2.24, 2.45) is 10.9 Å².